The number of nitrogens with two attached hydrogens (primary N) is 1. The Labute approximate surface area is 85.7 Å². The third kappa shape index (κ3) is 1.75. The third-order valence-electron chi connectivity index (χ3n) is 2.93. The van der Waals surface area contributed by atoms with E-state index in [4.69, 9.17) is 5.73 Å². The Balaban J connectivity index is 2.20. The van der Waals surface area contributed by atoms with E-state index >= 15 is 0 Å². The van der Waals surface area contributed by atoms with Crippen LogP contribution in [-0.2, 0) is 13.0 Å². The summed E-state index contributed by atoms with van der Waals surface area (Å²) in [5.41, 5.74) is 9.73. The van der Waals surface area contributed by atoms with E-state index in [0.29, 0.717) is 0 Å². The molecule has 2 N–H and O–H groups in total. The van der Waals surface area contributed by atoms with Gasteiger partial charge in [-0.2, -0.15) is 0 Å². The zero-order valence-electron chi connectivity index (χ0n) is 8.79. The molecule has 2 rings (SSSR count). The summed E-state index contributed by atoms with van der Waals surface area (Å²) < 4.78 is 0. The van der Waals surface area contributed by atoms with Crippen LogP contribution in [0.15, 0.2) is 18.2 Å². The highest BCUT2D eigenvalue weighted by Crippen LogP contribution is 2.23. The van der Waals surface area contributed by atoms with Gasteiger partial charge in [-0.05, 0) is 36.6 Å². The number of hydrogen-bond acceptors (Lipinski definition) is 2. The molecule has 1 aliphatic heterocycles. The lowest BCUT2D eigenvalue weighted by atomic mass is 9.98. The predicted octanol–water partition coefficient (Wildman–Crippen LogP) is 2.04. The zero-order chi connectivity index (χ0) is 9.97. The third-order valence-corrected chi connectivity index (χ3v) is 2.93. The molecule has 1 aromatic rings. The summed E-state index contributed by atoms with van der Waals surface area (Å²) in [6.45, 7) is 5.64. The number of hydrogen-bond donors (Lipinski definition) is 1. The van der Waals surface area contributed by atoms with Crippen LogP contribution in [-0.4, -0.2) is 18.0 Å². The first-order chi connectivity index (χ1) is 6.81. The normalized spacial score (nSPS) is 16.6. The van der Waals surface area contributed by atoms with Gasteiger partial charge < -0.3 is 5.73 Å². The molecule has 2 nitrogen and oxygen atoms in total. The maximum absolute atomic E-state index is 5.97. The van der Waals surface area contributed by atoms with Crippen molar-refractivity contribution in [3.8, 4) is 0 Å². The predicted molar refractivity (Wildman–Crippen MR) is 60.1 cm³/mol. The van der Waals surface area contributed by atoms with Crippen molar-refractivity contribution >= 4 is 5.69 Å². The second-order valence-corrected chi connectivity index (χ2v) is 4.01. The average Bonchev–Trinajstić information content (AvgIpc) is 2.20. The molecule has 14 heavy (non-hydrogen) atoms. The first kappa shape index (κ1) is 9.53. The molecular weight excluding hydrogens is 172 g/mol. The van der Waals surface area contributed by atoms with Gasteiger partial charge in [0, 0.05) is 18.8 Å². The van der Waals surface area contributed by atoms with Crippen molar-refractivity contribution in [2.24, 2.45) is 0 Å². The monoisotopic (exact) mass is 190 g/mol. The summed E-state index contributed by atoms with van der Waals surface area (Å²) in [6.07, 6.45) is 2.38. The minimum absolute atomic E-state index is 0.961. The summed E-state index contributed by atoms with van der Waals surface area (Å²) in [5.74, 6) is 0. The lowest BCUT2D eigenvalue weighted by Gasteiger charge is -2.29. The van der Waals surface area contributed by atoms with Crippen LogP contribution in [0.1, 0.15) is 24.5 Å². The van der Waals surface area contributed by atoms with Crippen molar-refractivity contribution in [3.63, 3.8) is 0 Å². The largest absolute Gasteiger partial charge is 0.398 e. The Hall–Kier alpha value is -1.02. The van der Waals surface area contributed by atoms with Crippen molar-refractivity contribution in [1.82, 2.24) is 4.90 Å². The van der Waals surface area contributed by atoms with E-state index < -0.39 is 0 Å². The molecular formula is C12H18N2. The van der Waals surface area contributed by atoms with Crippen LogP contribution >= 0.6 is 0 Å². The molecule has 0 amide bonds. The molecule has 0 aromatic heterocycles. The number of nitrogens with zero attached hydrogens (tertiary/aromatic N) is 1. The zero-order valence-corrected chi connectivity index (χ0v) is 8.79. The summed E-state index contributed by atoms with van der Waals surface area (Å²) in [6, 6.07) is 6.27. The Kier molecular flexibility index (Phi) is 2.73. The van der Waals surface area contributed by atoms with Gasteiger partial charge >= 0.3 is 0 Å². The van der Waals surface area contributed by atoms with E-state index in [1.54, 1.807) is 0 Å². The first-order valence-corrected chi connectivity index (χ1v) is 5.40. The van der Waals surface area contributed by atoms with Gasteiger partial charge in [0.05, 0.1) is 0 Å². The fourth-order valence-corrected chi connectivity index (χ4v) is 2.17. The first-order valence-electron chi connectivity index (χ1n) is 5.40. The Morgan fingerprint density at radius 2 is 2.29 bits per heavy atom. The topological polar surface area (TPSA) is 29.3 Å². The summed E-state index contributed by atoms with van der Waals surface area (Å²) in [5, 5.41) is 0. The fourth-order valence-electron chi connectivity index (χ4n) is 2.17. The van der Waals surface area contributed by atoms with E-state index in [-0.39, 0.29) is 0 Å². The maximum atomic E-state index is 5.97. The SMILES string of the molecule is CCCN1CCc2cccc(N)c2C1. The van der Waals surface area contributed by atoms with Crippen molar-refractivity contribution in [3.05, 3.63) is 29.3 Å². The van der Waals surface area contributed by atoms with Crippen LogP contribution in [0.25, 0.3) is 0 Å². The molecule has 2 heteroatoms. The van der Waals surface area contributed by atoms with Crippen molar-refractivity contribution < 1.29 is 0 Å². The van der Waals surface area contributed by atoms with E-state index in [0.717, 1.165) is 18.7 Å². The minimum Gasteiger partial charge on any atom is -0.398 e. The van der Waals surface area contributed by atoms with Crippen molar-refractivity contribution in [2.45, 2.75) is 26.3 Å². The number of rotatable bonds is 2. The minimum atomic E-state index is 0.961. The summed E-state index contributed by atoms with van der Waals surface area (Å²) in [7, 11) is 0. The van der Waals surface area contributed by atoms with Gasteiger partial charge in [-0.3, -0.25) is 4.90 Å². The van der Waals surface area contributed by atoms with E-state index in [2.05, 4.69) is 24.0 Å². The molecule has 0 spiro atoms. The van der Waals surface area contributed by atoms with E-state index in [9.17, 15) is 0 Å². The fraction of sp³-hybridized carbons (Fsp3) is 0.500. The number of benzene rings is 1. The van der Waals surface area contributed by atoms with Gasteiger partial charge in [0.2, 0.25) is 0 Å². The molecule has 1 aliphatic rings. The van der Waals surface area contributed by atoms with E-state index in [1.165, 1.54) is 30.6 Å². The highest BCUT2D eigenvalue weighted by molar-refractivity contribution is 5.51. The molecule has 0 radical (unpaired) electrons. The lowest BCUT2D eigenvalue weighted by molar-refractivity contribution is 0.255. The molecule has 0 bridgehead atoms. The summed E-state index contributed by atoms with van der Waals surface area (Å²) >= 11 is 0. The van der Waals surface area contributed by atoms with Crippen molar-refractivity contribution in [2.75, 3.05) is 18.8 Å². The van der Waals surface area contributed by atoms with Crippen LogP contribution in [0.4, 0.5) is 5.69 Å². The number of fused-ring (bicyclic) bond motifs is 1. The van der Waals surface area contributed by atoms with Crippen molar-refractivity contribution in [1.29, 1.82) is 0 Å². The van der Waals surface area contributed by atoms with Crippen LogP contribution in [0.2, 0.25) is 0 Å². The molecule has 76 valence electrons. The van der Waals surface area contributed by atoms with Gasteiger partial charge in [0.25, 0.3) is 0 Å². The Bertz CT molecular complexity index is 320. The van der Waals surface area contributed by atoms with Gasteiger partial charge in [0.15, 0.2) is 0 Å². The van der Waals surface area contributed by atoms with Crippen LogP contribution in [0, 0.1) is 0 Å². The molecule has 1 heterocycles. The standard InChI is InChI=1S/C12H18N2/c1-2-7-14-8-6-10-4-3-5-12(13)11(10)9-14/h3-5H,2,6-9,13H2,1H3. The van der Waals surface area contributed by atoms with Crippen LogP contribution < -0.4 is 5.73 Å². The van der Waals surface area contributed by atoms with Crippen LogP contribution in [0.3, 0.4) is 0 Å². The van der Waals surface area contributed by atoms with E-state index in [1.807, 2.05) is 6.07 Å². The molecule has 0 fully saturated rings. The molecule has 0 saturated carbocycles. The molecule has 1 aromatic carbocycles. The second-order valence-electron chi connectivity index (χ2n) is 4.01. The molecule has 0 aliphatic carbocycles. The highest BCUT2D eigenvalue weighted by atomic mass is 15.1. The Morgan fingerprint density at radius 1 is 1.43 bits per heavy atom. The van der Waals surface area contributed by atoms with Gasteiger partial charge in [-0.25, -0.2) is 0 Å². The number of nitrogen functional groups attached to an aromatic ring is 1. The second kappa shape index (κ2) is 4.01. The average molecular weight is 190 g/mol. The Morgan fingerprint density at radius 3 is 3.07 bits per heavy atom. The highest BCUT2D eigenvalue weighted by Gasteiger charge is 2.16. The number of anilines is 1. The van der Waals surface area contributed by atoms with Gasteiger partial charge in [0.1, 0.15) is 0 Å². The smallest absolute Gasteiger partial charge is 0.0362 e. The summed E-state index contributed by atoms with van der Waals surface area (Å²) in [4.78, 5) is 2.48. The molecule has 0 unspecified atom stereocenters. The van der Waals surface area contributed by atoms with Gasteiger partial charge in [-0.1, -0.05) is 19.1 Å². The molecule has 0 atom stereocenters. The van der Waals surface area contributed by atoms with Gasteiger partial charge in [-0.15, -0.1) is 0 Å². The maximum Gasteiger partial charge on any atom is 0.0362 e. The lowest BCUT2D eigenvalue weighted by Crippen LogP contribution is -2.31. The molecule has 0 saturated heterocycles. The van der Waals surface area contributed by atoms with Crippen LogP contribution in [0.5, 0.6) is 0 Å². The quantitative estimate of drug-likeness (QED) is 0.723.